The summed E-state index contributed by atoms with van der Waals surface area (Å²) in [5.74, 6) is 4.61. The van der Waals surface area contributed by atoms with Crippen molar-refractivity contribution in [1.82, 2.24) is 4.68 Å². The Bertz CT molecular complexity index is 746. The lowest BCUT2D eigenvalue weighted by Gasteiger charge is -2.06. The number of nitrogens with two attached hydrogens (primary N) is 2. The van der Waals surface area contributed by atoms with Crippen molar-refractivity contribution >= 4 is 11.7 Å². The lowest BCUT2D eigenvalue weighted by molar-refractivity contribution is -0.139. The number of nitrogen functional groups attached to an aromatic ring is 2. The van der Waals surface area contributed by atoms with Crippen molar-refractivity contribution < 1.29 is 13.9 Å². The SMILES string of the molecule is COC(=O)Cc1cn(N)c(C#N)c1-c1ccc(N)c(F)c1. The molecule has 0 amide bonds. The Morgan fingerprint density at radius 1 is 1.52 bits per heavy atom. The van der Waals surface area contributed by atoms with Crippen LogP contribution >= 0.6 is 0 Å². The molecule has 0 saturated heterocycles. The number of carbonyl (C=O) groups excluding carboxylic acids is 1. The van der Waals surface area contributed by atoms with E-state index in [0.717, 1.165) is 4.68 Å². The van der Waals surface area contributed by atoms with Gasteiger partial charge in [0.2, 0.25) is 0 Å². The summed E-state index contributed by atoms with van der Waals surface area (Å²) in [6.07, 6.45) is 1.37. The number of halogens is 1. The number of nitriles is 1. The van der Waals surface area contributed by atoms with E-state index in [2.05, 4.69) is 4.74 Å². The average Bonchev–Trinajstić information content (AvgIpc) is 2.77. The van der Waals surface area contributed by atoms with E-state index in [-0.39, 0.29) is 17.8 Å². The van der Waals surface area contributed by atoms with Gasteiger partial charge in [0.05, 0.1) is 19.2 Å². The Hall–Kier alpha value is -3.01. The van der Waals surface area contributed by atoms with Gasteiger partial charge in [-0.1, -0.05) is 6.07 Å². The molecule has 1 aromatic heterocycles. The third-order valence-corrected chi connectivity index (χ3v) is 3.07. The molecular formula is C14H13FN4O2. The summed E-state index contributed by atoms with van der Waals surface area (Å²) < 4.78 is 19.3. The number of nitrogens with zero attached hydrogens (tertiary/aromatic N) is 2. The summed E-state index contributed by atoms with van der Waals surface area (Å²) in [4.78, 5) is 11.4. The summed E-state index contributed by atoms with van der Waals surface area (Å²) in [6.45, 7) is 0. The number of rotatable bonds is 3. The molecule has 0 bridgehead atoms. The van der Waals surface area contributed by atoms with Crippen LogP contribution in [0.1, 0.15) is 11.3 Å². The van der Waals surface area contributed by atoms with Crippen LogP contribution < -0.4 is 11.6 Å². The molecule has 21 heavy (non-hydrogen) atoms. The number of anilines is 1. The van der Waals surface area contributed by atoms with Crippen LogP contribution in [0.25, 0.3) is 11.1 Å². The topological polar surface area (TPSA) is 107 Å². The Kier molecular flexibility index (Phi) is 3.80. The number of hydrogen-bond donors (Lipinski definition) is 2. The summed E-state index contributed by atoms with van der Waals surface area (Å²) in [7, 11) is 1.26. The number of esters is 1. The van der Waals surface area contributed by atoms with Crippen molar-refractivity contribution in [2.45, 2.75) is 6.42 Å². The number of methoxy groups -OCH3 is 1. The molecule has 0 aliphatic heterocycles. The predicted octanol–water partition coefficient (Wildman–Crippen LogP) is 1.18. The summed E-state index contributed by atoms with van der Waals surface area (Å²) >= 11 is 0. The number of aromatic nitrogens is 1. The number of benzene rings is 1. The molecule has 0 radical (unpaired) electrons. The Morgan fingerprint density at radius 3 is 2.81 bits per heavy atom. The normalized spacial score (nSPS) is 10.1. The van der Waals surface area contributed by atoms with Crippen LogP contribution in [0.3, 0.4) is 0 Å². The highest BCUT2D eigenvalue weighted by Crippen LogP contribution is 2.30. The molecule has 0 fully saturated rings. The zero-order chi connectivity index (χ0) is 15.6. The van der Waals surface area contributed by atoms with Crippen LogP contribution in [-0.2, 0) is 16.0 Å². The first kappa shape index (κ1) is 14.4. The van der Waals surface area contributed by atoms with Gasteiger partial charge in [-0.3, -0.25) is 9.47 Å². The molecular weight excluding hydrogens is 275 g/mol. The Labute approximate surface area is 120 Å². The van der Waals surface area contributed by atoms with E-state index in [1.54, 1.807) is 6.07 Å². The molecule has 1 aromatic carbocycles. The van der Waals surface area contributed by atoms with Gasteiger partial charge in [-0.15, -0.1) is 0 Å². The van der Waals surface area contributed by atoms with Crippen molar-refractivity contribution in [2.75, 3.05) is 18.7 Å². The van der Waals surface area contributed by atoms with E-state index in [1.807, 2.05) is 6.07 Å². The Morgan fingerprint density at radius 2 is 2.24 bits per heavy atom. The summed E-state index contributed by atoms with van der Waals surface area (Å²) in [5, 5.41) is 9.20. The lowest BCUT2D eigenvalue weighted by atomic mass is 9.99. The van der Waals surface area contributed by atoms with Crippen LogP contribution in [0.2, 0.25) is 0 Å². The molecule has 0 saturated carbocycles. The fourth-order valence-electron chi connectivity index (χ4n) is 2.06. The second-order valence-electron chi connectivity index (χ2n) is 4.39. The minimum Gasteiger partial charge on any atom is -0.469 e. The maximum Gasteiger partial charge on any atom is 0.310 e. The third kappa shape index (κ3) is 2.65. The van der Waals surface area contributed by atoms with Gasteiger partial charge >= 0.3 is 5.97 Å². The molecule has 2 aromatic rings. The molecule has 4 N–H and O–H groups in total. The van der Waals surface area contributed by atoms with Gasteiger partial charge in [0.1, 0.15) is 17.6 Å². The molecule has 0 unspecified atom stereocenters. The molecule has 1 heterocycles. The molecule has 0 spiro atoms. The highest BCUT2D eigenvalue weighted by atomic mass is 19.1. The molecule has 6 nitrogen and oxygen atoms in total. The second kappa shape index (κ2) is 5.54. The van der Waals surface area contributed by atoms with Gasteiger partial charge in [0.25, 0.3) is 0 Å². The number of carbonyl (C=O) groups is 1. The quantitative estimate of drug-likeness (QED) is 0.501. The van der Waals surface area contributed by atoms with E-state index in [1.165, 1.54) is 25.4 Å². The Balaban J connectivity index is 2.62. The first-order chi connectivity index (χ1) is 9.97. The molecule has 0 aliphatic rings. The monoisotopic (exact) mass is 288 g/mol. The van der Waals surface area contributed by atoms with Crippen LogP contribution in [0.5, 0.6) is 0 Å². The highest BCUT2D eigenvalue weighted by Gasteiger charge is 2.19. The van der Waals surface area contributed by atoms with Crippen molar-refractivity contribution in [2.24, 2.45) is 0 Å². The van der Waals surface area contributed by atoms with Gasteiger partial charge in [0, 0.05) is 11.8 Å². The molecule has 0 atom stereocenters. The minimum absolute atomic E-state index is 0.000966. The second-order valence-corrected chi connectivity index (χ2v) is 4.39. The lowest BCUT2D eigenvalue weighted by Crippen LogP contribution is -2.08. The highest BCUT2D eigenvalue weighted by molar-refractivity contribution is 5.81. The molecule has 0 aliphatic carbocycles. The van der Waals surface area contributed by atoms with Crippen LogP contribution in [-0.4, -0.2) is 17.8 Å². The van der Waals surface area contributed by atoms with Gasteiger partial charge in [-0.2, -0.15) is 5.26 Å². The first-order valence-corrected chi connectivity index (χ1v) is 5.99. The smallest absolute Gasteiger partial charge is 0.310 e. The van der Waals surface area contributed by atoms with Gasteiger partial charge in [-0.05, 0) is 23.3 Å². The van der Waals surface area contributed by atoms with Gasteiger partial charge < -0.3 is 16.3 Å². The fraction of sp³-hybridized carbons (Fsp3) is 0.143. The van der Waals surface area contributed by atoms with Crippen molar-refractivity contribution in [3.05, 3.63) is 41.5 Å². The third-order valence-electron chi connectivity index (χ3n) is 3.07. The summed E-state index contributed by atoms with van der Waals surface area (Å²) in [5.41, 5.74) is 6.85. The van der Waals surface area contributed by atoms with E-state index in [9.17, 15) is 14.4 Å². The van der Waals surface area contributed by atoms with Crippen LogP contribution in [0.15, 0.2) is 24.4 Å². The van der Waals surface area contributed by atoms with Crippen molar-refractivity contribution in [3.8, 4) is 17.2 Å². The van der Waals surface area contributed by atoms with E-state index in [4.69, 9.17) is 11.6 Å². The number of ether oxygens (including phenoxy) is 1. The van der Waals surface area contributed by atoms with E-state index < -0.39 is 11.8 Å². The molecule has 2 rings (SSSR count). The zero-order valence-corrected chi connectivity index (χ0v) is 11.3. The van der Waals surface area contributed by atoms with Crippen LogP contribution in [0.4, 0.5) is 10.1 Å². The van der Waals surface area contributed by atoms with Crippen LogP contribution in [0, 0.1) is 17.1 Å². The predicted molar refractivity (Wildman–Crippen MR) is 74.8 cm³/mol. The maximum absolute atomic E-state index is 13.6. The van der Waals surface area contributed by atoms with Crippen molar-refractivity contribution in [3.63, 3.8) is 0 Å². The first-order valence-electron chi connectivity index (χ1n) is 5.99. The van der Waals surface area contributed by atoms with Gasteiger partial charge in [-0.25, -0.2) is 4.39 Å². The summed E-state index contributed by atoms with van der Waals surface area (Å²) in [6, 6.07) is 6.10. The van der Waals surface area contributed by atoms with E-state index >= 15 is 0 Å². The van der Waals surface area contributed by atoms with Crippen molar-refractivity contribution in [1.29, 1.82) is 5.26 Å². The molecule has 108 valence electrons. The maximum atomic E-state index is 13.6. The number of hydrogen-bond acceptors (Lipinski definition) is 5. The standard InChI is InChI=1S/C14H13FN4O2/c1-21-13(20)5-9-7-19(18)12(6-16)14(9)8-2-3-11(17)10(15)4-8/h2-4,7H,5,17-18H2,1H3. The van der Waals surface area contributed by atoms with E-state index in [0.29, 0.717) is 16.7 Å². The largest absolute Gasteiger partial charge is 0.469 e. The minimum atomic E-state index is -0.606. The fourth-order valence-corrected chi connectivity index (χ4v) is 2.06. The average molecular weight is 288 g/mol. The van der Waals surface area contributed by atoms with Gasteiger partial charge in [0.15, 0.2) is 0 Å². The zero-order valence-electron chi connectivity index (χ0n) is 11.3. The molecule has 7 heteroatoms.